The Bertz CT molecular complexity index is 727. The Morgan fingerprint density at radius 2 is 1.63 bits per heavy atom. The summed E-state index contributed by atoms with van der Waals surface area (Å²) >= 11 is 0. The minimum absolute atomic E-state index is 0.00525. The van der Waals surface area contributed by atoms with E-state index in [0.29, 0.717) is 0 Å². The summed E-state index contributed by atoms with van der Waals surface area (Å²) in [6, 6.07) is 17.0. The second kappa shape index (κ2) is 9.11. The molecule has 3 rings (SSSR count). The molecule has 0 aromatic heterocycles. The summed E-state index contributed by atoms with van der Waals surface area (Å²) in [4.78, 5) is 12.5. The van der Waals surface area contributed by atoms with Crippen LogP contribution in [0.4, 0.5) is 4.39 Å². The molecule has 0 spiro atoms. The van der Waals surface area contributed by atoms with Gasteiger partial charge in [0.25, 0.3) is 0 Å². The van der Waals surface area contributed by atoms with Gasteiger partial charge in [-0.2, -0.15) is 0 Å². The highest BCUT2D eigenvalue weighted by atomic mass is 19.1. The molecule has 2 unspecified atom stereocenters. The predicted molar refractivity (Wildman–Crippen MR) is 106 cm³/mol. The van der Waals surface area contributed by atoms with Crippen molar-refractivity contribution in [3.63, 3.8) is 0 Å². The van der Waals surface area contributed by atoms with E-state index in [9.17, 15) is 9.18 Å². The monoisotopic (exact) mass is 369 g/mol. The van der Waals surface area contributed by atoms with Crippen LogP contribution < -0.4 is 10.7 Å². The summed E-state index contributed by atoms with van der Waals surface area (Å²) in [6.07, 6.45) is 1.83. The van der Waals surface area contributed by atoms with Crippen LogP contribution >= 0.6 is 0 Å². The van der Waals surface area contributed by atoms with Crippen LogP contribution in [0.15, 0.2) is 54.6 Å². The second-order valence-electron chi connectivity index (χ2n) is 7.30. The fourth-order valence-electron chi connectivity index (χ4n) is 3.47. The van der Waals surface area contributed by atoms with Gasteiger partial charge < -0.3 is 5.32 Å². The quantitative estimate of drug-likeness (QED) is 0.815. The number of hydrazine groups is 1. The molecule has 1 heterocycles. The summed E-state index contributed by atoms with van der Waals surface area (Å²) in [7, 11) is 0. The van der Waals surface area contributed by atoms with Gasteiger partial charge in [0.1, 0.15) is 5.82 Å². The van der Waals surface area contributed by atoms with Crippen molar-refractivity contribution in [2.24, 2.45) is 0 Å². The van der Waals surface area contributed by atoms with Crippen molar-refractivity contribution in [2.45, 2.75) is 44.7 Å². The molecule has 1 aliphatic rings. The maximum atomic E-state index is 13.0. The van der Waals surface area contributed by atoms with Crippen LogP contribution in [-0.4, -0.2) is 30.0 Å². The van der Waals surface area contributed by atoms with Crippen LogP contribution in [-0.2, 0) is 4.79 Å². The van der Waals surface area contributed by atoms with Gasteiger partial charge in [0.2, 0.25) is 5.91 Å². The second-order valence-corrected chi connectivity index (χ2v) is 7.30. The molecule has 144 valence electrons. The first-order chi connectivity index (χ1) is 13.0. The van der Waals surface area contributed by atoms with Crippen molar-refractivity contribution in [1.29, 1.82) is 0 Å². The highest BCUT2D eigenvalue weighted by Crippen LogP contribution is 2.18. The number of nitrogens with zero attached hydrogens (tertiary/aromatic N) is 1. The molecule has 4 nitrogen and oxygen atoms in total. The zero-order valence-corrected chi connectivity index (χ0v) is 16.0. The number of halogens is 1. The van der Waals surface area contributed by atoms with Crippen LogP contribution in [0, 0.1) is 5.82 Å². The SMILES string of the molecule is CC(NN1CCC(NC(=O)C(C)c2ccc(F)cc2)CC1)c1ccccc1. The molecular formula is C22H28FN3O. The van der Waals surface area contributed by atoms with Gasteiger partial charge in [0.05, 0.1) is 5.92 Å². The van der Waals surface area contributed by atoms with Crippen molar-refractivity contribution in [1.82, 2.24) is 15.8 Å². The van der Waals surface area contributed by atoms with Gasteiger partial charge in [-0.3, -0.25) is 4.79 Å². The van der Waals surface area contributed by atoms with Crippen molar-refractivity contribution in [3.8, 4) is 0 Å². The fourth-order valence-corrected chi connectivity index (χ4v) is 3.47. The lowest BCUT2D eigenvalue weighted by Crippen LogP contribution is -2.50. The number of hydrogen-bond acceptors (Lipinski definition) is 3. The minimum atomic E-state index is -0.282. The van der Waals surface area contributed by atoms with Crippen LogP contribution in [0.3, 0.4) is 0 Å². The molecule has 1 fully saturated rings. The molecule has 5 heteroatoms. The highest BCUT2D eigenvalue weighted by molar-refractivity contribution is 5.83. The number of carbonyl (C=O) groups excluding carboxylic acids is 1. The third-order valence-electron chi connectivity index (χ3n) is 5.28. The van der Waals surface area contributed by atoms with E-state index in [2.05, 4.69) is 46.9 Å². The van der Waals surface area contributed by atoms with E-state index in [-0.39, 0.29) is 29.7 Å². The predicted octanol–water partition coefficient (Wildman–Crippen LogP) is 3.78. The summed E-state index contributed by atoms with van der Waals surface area (Å²) in [6.45, 7) is 5.81. The molecule has 1 aliphatic heterocycles. The average molecular weight is 369 g/mol. The highest BCUT2D eigenvalue weighted by Gasteiger charge is 2.24. The molecule has 0 bridgehead atoms. The normalized spacial score (nSPS) is 18.0. The first-order valence-electron chi connectivity index (χ1n) is 9.65. The molecule has 2 aromatic rings. The van der Waals surface area contributed by atoms with Gasteiger partial charge >= 0.3 is 0 Å². The van der Waals surface area contributed by atoms with Crippen LogP contribution in [0.5, 0.6) is 0 Å². The van der Waals surface area contributed by atoms with Crippen LogP contribution in [0.25, 0.3) is 0 Å². The Morgan fingerprint density at radius 1 is 1.00 bits per heavy atom. The lowest BCUT2D eigenvalue weighted by atomic mass is 9.98. The molecule has 0 radical (unpaired) electrons. The van der Waals surface area contributed by atoms with E-state index in [1.54, 1.807) is 12.1 Å². The van der Waals surface area contributed by atoms with Gasteiger partial charge in [0, 0.05) is 25.2 Å². The largest absolute Gasteiger partial charge is 0.353 e. The minimum Gasteiger partial charge on any atom is -0.353 e. The van der Waals surface area contributed by atoms with Gasteiger partial charge in [-0.1, -0.05) is 42.5 Å². The van der Waals surface area contributed by atoms with Crippen molar-refractivity contribution >= 4 is 5.91 Å². The lowest BCUT2D eigenvalue weighted by Gasteiger charge is -2.35. The Hall–Kier alpha value is -2.24. The average Bonchev–Trinajstić information content (AvgIpc) is 2.70. The Kier molecular flexibility index (Phi) is 6.58. The smallest absolute Gasteiger partial charge is 0.227 e. The number of rotatable bonds is 6. The van der Waals surface area contributed by atoms with Gasteiger partial charge in [0.15, 0.2) is 0 Å². The van der Waals surface area contributed by atoms with Crippen molar-refractivity contribution < 1.29 is 9.18 Å². The fraction of sp³-hybridized carbons (Fsp3) is 0.409. The van der Waals surface area contributed by atoms with E-state index in [1.807, 2.05) is 13.0 Å². The lowest BCUT2D eigenvalue weighted by molar-refractivity contribution is -0.123. The maximum Gasteiger partial charge on any atom is 0.227 e. The summed E-state index contributed by atoms with van der Waals surface area (Å²) in [5.74, 6) is -0.554. The number of nitrogens with one attached hydrogen (secondary N) is 2. The van der Waals surface area contributed by atoms with E-state index in [0.717, 1.165) is 31.5 Å². The molecule has 0 aliphatic carbocycles. The maximum absolute atomic E-state index is 13.0. The summed E-state index contributed by atoms with van der Waals surface area (Å²) < 4.78 is 13.0. The molecule has 0 saturated carbocycles. The Morgan fingerprint density at radius 3 is 2.26 bits per heavy atom. The van der Waals surface area contributed by atoms with Crippen molar-refractivity contribution in [3.05, 3.63) is 71.5 Å². The molecule has 2 atom stereocenters. The standard InChI is InChI=1S/C22H28FN3O/c1-16(18-8-10-20(23)11-9-18)22(27)24-21-12-14-26(15-13-21)25-17(2)19-6-4-3-5-7-19/h3-11,16-17,21,25H,12-15H2,1-2H3,(H,24,27). The van der Waals surface area contributed by atoms with E-state index in [4.69, 9.17) is 0 Å². The number of carbonyl (C=O) groups is 1. The number of benzene rings is 2. The van der Waals surface area contributed by atoms with E-state index < -0.39 is 0 Å². The Balaban J connectivity index is 1.45. The summed E-state index contributed by atoms with van der Waals surface area (Å²) in [5, 5.41) is 5.39. The molecule has 1 saturated heterocycles. The zero-order chi connectivity index (χ0) is 19.2. The van der Waals surface area contributed by atoms with Gasteiger partial charge in [-0.05, 0) is 49.9 Å². The number of piperidine rings is 1. The van der Waals surface area contributed by atoms with Crippen molar-refractivity contribution in [2.75, 3.05) is 13.1 Å². The summed E-state index contributed by atoms with van der Waals surface area (Å²) in [5.41, 5.74) is 5.65. The number of amides is 1. The molecule has 2 aromatic carbocycles. The third kappa shape index (κ3) is 5.37. The molecule has 2 N–H and O–H groups in total. The van der Waals surface area contributed by atoms with Crippen LogP contribution in [0.2, 0.25) is 0 Å². The van der Waals surface area contributed by atoms with Gasteiger partial charge in [-0.25, -0.2) is 14.8 Å². The van der Waals surface area contributed by atoms with Crippen LogP contribution in [0.1, 0.15) is 49.8 Å². The zero-order valence-electron chi connectivity index (χ0n) is 16.0. The molecule has 1 amide bonds. The number of hydrogen-bond donors (Lipinski definition) is 2. The van der Waals surface area contributed by atoms with E-state index in [1.165, 1.54) is 17.7 Å². The topological polar surface area (TPSA) is 44.4 Å². The molecule has 27 heavy (non-hydrogen) atoms. The molecular weight excluding hydrogens is 341 g/mol. The van der Waals surface area contributed by atoms with E-state index >= 15 is 0 Å². The first kappa shape index (κ1) is 19.5. The van der Waals surface area contributed by atoms with Gasteiger partial charge in [-0.15, -0.1) is 0 Å². The third-order valence-corrected chi connectivity index (χ3v) is 5.28. The Labute approximate surface area is 160 Å². The first-order valence-corrected chi connectivity index (χ1v) is 9.65.